The Bertz CT molecular complexity index is 610. The van der Waals surface area contributed by atoms with Crippen molar-refractivity contribution in [2.45, 2.75) is 37.1 Å². The van der Waals surface area contributed by atoms with E-state index >= 15 is 0 Å². The lowest BCUT2D eigenvalue weighted by Gasteiger charge is -2.18. The van der Waals surface area contributed by atoms with Crippen LogP contribution in [-0.4, -0.2) is 49.4 Å². The van der Waals surface area contributed by atoms with Crippen LogP contribution in [0.4, 0.5) is 0 Å². The largest absolute Gasteiger partial charge is 0.356 e. The smallest absolute Gasteiger partial charge is 0.270 e. The molecule has 21 heavy (non-hydrogen) atoms. The number of aromatic amines is 1. The van der Waals surface area contributed by atoms with Crippen LogP contribution >= 0.6 is 0 Å². The summed E-state index contributed by atoms with van der Waals surface area (Å²) in [6, 6.07) is 1.37. The van der Waals surface area contributed by atoms with Gasteiger partial charge in [0.2, 0.25) is 10.0 Å². The summed E-state index contributed by atoms with van der Waals surface area (Å²) in [6.07, 6.45) is 3.31. The molecule has 1 amide bonds. The van der Waals surface area contributed by atoms with Crippen molar-refractivity contribution in [2.24, 2.45) is 5.73 Å². The quantitative estimate of drug-likeness (QED) is 0.724. The van der Waals surface area contributed by atoms with Crippen LogP contribution in [-0.2, 0) is 10.0 Å². The molecule has 0 aliphatic carbocycles. The van der Waals surface area contributed by atoms with Crippen LogP contribution in [0, 0.1) is 0 Å². The second kappa shape index (κ2) is 5.78. The van der Waals surface area contributed by atoms with E-state index in [9.17, 15) is 13.2 Å². The number of amides is 1. The zero-order valence-electron chi connectivity index (χ0n) is 12.3. The van der Waals surface area contributed by atoms with Gasteiger partial charge in [-0.15, -0.1) is 0 Å². The second-order valence-corrected chi connectivity index (χ2v) is 7.83. The third kappa shape index (κ3) is 4.05. The number of rotatable bonds is 5. The Kier molecular flexibility index (Phi) is 4.40. The highest BCUT2D eigenvalue weighted by atomic mass is 32.2. The average molecular weight is 314 g/mol. The molecule has 118 valence electrons. The molecule has 4 N–H and O–H groups in total. The van der Waals surface area contributed by atoms with Crippen molar-refractivity contribution in [1.29, 1.82) is 0 Å². The van der Waals surface area contributed by atoms with Gasteiger partial charge in [0.05, 0.1) is 0 Å². The molecule has 0 saturated carbocycles. The summed E-state index contributed by atoms with van der Waals surface area (Å²) < 4.78 is 26.7. The number of hydrogen-bond donors (Lipinski definition) is 3. The topological polar surface area (TPSA) is 108 Å². The van der Waals surface area contributed by atoms with Crippen LogP contribution in [0.1, 0.15) is 37.2 Å². The first kappa shape index (κ1) is 16.0. The molecule has 2 heterocycles. The van der Waals surface area contributed by atoms with Gasteiger partial charge >= 0.3 is 0 Å². The number of hydrogen-bond acceptors (Lipinski definition) is 4. The number of nitrogens with zero attached hydrogens (tertiary/aromatic N) is 1. The SMILES string of the molecule is CC(C)(N)CNS(=O)(=O)c1c[nH]c(C(=O)N2CCCC2)c1. The van der Waals surface area contributed by atoms with Crippen molar-refractivity contribution >= 4 is 15.9 Å². The molecule has 1 fully saturated rings. The van der Waals surface area contributed by atoms with Gasteiger partial charge in [0.1, 0.15) is 10.6 Å². The van der Waals surface area contributed by atoms with Crippen LogP contribution in [0.2, 0.25) is 0 Å². The first-order valence-corrected chi connectivity index (χ1v) is 8.44. The molecule has 0 aromatic carbocycles. The Balaban J connectivity index is 2.09. The number of nitrogens with two attached hydrogens (primary N) is 1. The molecule has 1 aromatic rings. The summed E-state index contributed by atoms with van der Waals surface area (Å²) in [5.41, 5.74) is 5.42. The molecule has 0 atom stereocenters. The van der Waals surface area contributed by atoms with Crippen LogP contribution in [0.25, 0.3) is 0 Å². The summed E-state index contributed by atoms with van der Waals surface area (Å²) in [5, 5.41) is 0. The van der Waals surface area contributed by atoms with Gasteiger partial charge in [-0.2, -0.15) is 0 Å². The molecule has 0 radical (unpaired) electrons. The maximum Gasteiger partial charge on any atom is 0.270 e. The number of carbonyl (C=O) groups is 1. The number of carbonyl (C=O) groups excluding carboxylic acids is 1. The van der Waals surface area contributed by atoms with Crippen LogP contribution < -0.4 is 10.5 Å². The number of likely N-dealkylation sites (tertiary alicyclic amines) is 1. The van der Waals surface area contributed by atoms with E-state index in [1.54, 1.807) is 18.7 Å². The van der Waals surface area contributed by atoms with Gasteiger partial charge in [-0.05, 0) is 32.8 Å². The van der Waals surface area contributed by atoms with Gasteiger partial charge in [-0.3, -0.25) is 4.79 Å². The van der Waals surface area contributed by atoms with E-state index in [2.05, 4.69) is 9.71 Å². The molecule has 2 rings (SSSR count). The Hall–Kier alpha value is -1.38. The van der Waals surface area contributed by atoms with Crippen LogP contribution in [0.3, 0.4) is 0 Å². The Labute approximate surface area is 124 Å². The van der Waals surface area contributed by atoms with Crippen molar-refractivity contribution in [3.63, 3.8) is 0 Å². The van der Waals surface area contributed by atoms with E-state index < -0.39 is 15.6 Å². The molecular formula is C13H22N4O3S. The summed E-state index contributed by atoms with van der Waals surface area (Å²) in [5.74, 6) is -0.159. The van der Waals surface area contributed by atoms with Gasteiger partial charge in [-0.1, -0.05) is 0 Å². The number of sulfonamides is 1. The fourth-order valence-corrected chi connectivity index (χ4v) is 3.32. The average Bonchev–Trinajstić information content (AvgIpc) is 3.06. The number of aromatic nitrogens is 1. The van der Waals surface area contributed by atoms with Crippen LogP contribution in [0.15, 0.2) is 17.2 Å². The highest BCUT2D eigenvalue weighted by molar-refractivity contribution is 7.89. The predicted octanol–water partition coefficient (Wildman–Crippen LogP) is 0.266. The van der Waals surface area contributed by atoms with E-state index in [0.717, 1.165) is 25.9 Å². The van der Waals surface area contributed by atoms with E-state index in [-0.39, 0.29) is 17.3 Å². The molecule has 8 heteroatoms. The normalized spacial score (nSPS) is 16.4. The minimum absolute atomic E-state index is 0.0503. The highest BCUT2D eigenvalue weighted by Crippen LogP contribution is 2.16. The molecule has 0 spiro atoms. The van der Waals surface area contributed by atoms with Gasteiger partial charge in [0.25, 0.3) is 5.91 Å². The fourth-order valence-electron chi connectivity index (χ4n) is 2.11. The predicted molar refractivity (Wildman–Crippen MR) is 79.4 cm³/mol. The van der Waals surface area contributed by atoms with Crippen LogP contribution in [0.5, 0.6) is 0 Å². The van der Waals surface area contributed by atoms with Crippen molar-refractivity contribution in [3.8, 4) is 0 Å². The van der Waals surface area contributed by atoms with Gasteiger partial charge in [0, 0.05) is 31.4 Å². The maximum atomic E-state index is 12.2. The lowest BCUT2D eigenvalue weighted by molar-refractivity contribution is 0.0787. The lowest BCUT2D eigenvalue weighted by Crippen LogP contribution is -2.44. The Morgan fingerprint density at radius 2 is 2.05 bits per heavy atom. The zero-order chi connectivity index (χ0) is 15.7. The third-order valence-electron chi connectivity index (χ3n) is 3.31. The van der Waals surface area contributed by atoms with E-state index in [4.69, 9.17) is 5.73 Å². The molecular weight excluding hydrogens is 292 g/mol. The number of H-pyrrole nitrogens is 1. The fraction of sp³-hybridized carbons (Fsp3) is 0.615. The van der Waals surface area contributed by atoms with Gasteiger partial charge < -0.3 is 15.6 Å². The summed E-state index contributed by atoms with van der Waals surface area (Å²) >= 11 is 0. The van der Waals surface area contributed by atoms with Crippen molar-refractivity contribution in [1.82, 2.24) is 14.6 Å². The molecule has 0 bridgehead atoms. The second-order valence-electron chi connectivity index (χ2n) is 6.06. The van der Waals surface area contributed by atoms with E-state index in [0.29, 0.717) is 5.69 Å². The summed E-state index contributed by atoms with van der Waals surface area (Å²) in [7, 11) is -3.66. The van der Waals surface area contributed by atoms with Crippen molar-refractivity contribution in [2.75, 3.05) is 19.6 Å². The summed E-state index contributed by atoms with van der Waals surface area (Å²) in [4.78, 5) is 16.7. The Morgan fingerprint density at radius 3 is 2.62 bits per heavy atom. The van der Waals surface area contributed by atoms with E-state index in [1.165, 1.54) is 12.3 Å². The molecule has 1 aliphatic heterocycles. The van der Waals surface area contributed by atoms with Crippen molar-refractivity contribution in [3.05, 3.63) is 18.0 Å². The van der Waals surface area contributed by atoms with Gasteiger partial charge in [-0.25, -0.2) is 13.1 Å². The lowest BCUT2D eigenvalue weighted by atomic mass is 10.1. The molecule has 1 saturated heterocycles. The molecule has 0 unspecified atom stereocenters. The summed E-state index contributed by atoms with van der Waals surface area (Å²) in [6.45, 7) is 5.03. The molecule has 7 nitrogen and oxygen atoms in total. The van der Waals surface area contributed by atoms with Gasteiger partial charge in [0.15, 0.2) is 0 Å². The highest BCUT2D eigenvalue weighted by Gasteiger charge is 2.24. The Morgan fingerprint density at radius 1 is 1.43 bits per heavy atom. The monoisotopic (exact) mass is 314 g/mol. The van der Waals surface area contributed by atoms with E-state index in [1.807, 2.05) is 0 Å². The molecule has 1 aromatic heterocycles. The standard InChI is InChI=1S/C13H22N4O3S/c1-13(2,14)9-16-21(19,20)10-7-11(15-8-10)12(18)17-5-3-4-6-17/h7-8,15-16H,3-6,9,14H2,1-2H3. The first-order valence-electron chi connectivity index (χ1n) is 6.95. The number of nitrogens with one attached hydrogen (secondary N) is 2. The first-order chi connectivity index (χ1) is 9.69. The van der Waals surface area contributed by atoms with Crippen molar-refractivity contribution < 1.29 is 13.2 Å². The minimum Gasteiger partial charge on any atom is -0.356 e. The maximum absolute atomic E-state index is 12.2. The zero-order valence-corrected chi connectivity index (χ0v) is 13.2. The minimum atomic E-state index is -3.66. The third-order valence-corrected chi connectivity index (χ3v) is 4.69. The molecule has 1 aliphatic rings.